The Kier molecular flexibility index (Phi) is 18.1. The van der Waals surface area contributed by atoms with Gasteiger partial charge in [0, 0.05) is 6.54 Å². The molecule has 0 heterocycles. The third kappa shape index (κ3) is 12.0. The SMILES string of the molecule is CCCCN(CCCC)CCCNCc1ccc(OCc2ccccc2C)c(OC)c1.Cl.Cl. The highest BCUT2D eigenvalue weighted by Gasteiger charge is 2.08. The molecule has 1 N–H and O–H groups in total. The van der Waals surface area contributed by atoms with Crippen molar-refractivity contribution in [1.29, 1.82) is 0 Å². The Balaban J connectivity index is 0.00000512. The molecular weight excluding hydrogens is 455 g/mol. The Hall–Kier alpha value is -1.46. The van der Waals surface area contributed by atoms with Crippen LogP contribution in [-0.2, 0) is 13.2 Å². The fourth-order valence-corrected chi connectivity index (χ4v) is 3.63. The molecule has 0 unspecified atom stereocenters. The van der Waals surface area contributed by atoms with Crippen molar-refractivity contribution >= 4 is 24.8 Å². The van der Waals surface area contributed by atoms with Crippen LogP contribution < -0.4 is 14.8 Å². The van der Waals surface area contributed by atoms with Crippen LogP contribution in [0.1, 0.15) is 62.6 Å². The molecule has 0 aliphatic heterocycles. The first-order chi connectivity index (χ1) is 15.2. The van der Waals surface area contributed by atoms with E-state index in [4.69, 9.17) is 9.47 Å². The third-order valence-corrected chi connectivity index (χ3v) is 5.69. The van der Waals surface area contributed by atoms with Gasteiger partial charge in [-0.2, -0.15) is 0 Å². The standard InChI is InChI=1S/C27H42N2O2.2ClH/c1-5-7-17-29(18-8-6-2)19-11-16-28-21-24-14-15-26(27(20-24)30-4)31-22-25-13-10-9-12-23(25)3;;/h9-10,12-15,20,28H,5-8,11,16-19,21-22H2,1-4H3;2*1H. The van der Waals surface area contributed by atoms with Crippen LogP contribution in [-0.4, -0.2) is 38.2 Å². The van der Waals surface area contributed by atoms with Gasteiger partial charge in [0.1, 0.15) is 6.61 Å². The first kappa shape index (κ1) is 31.5. The molecule has 188 valence electrons. The lowest BCUT2D eigenvalue weighted by molar-refractivity contribution is 0.261. The van der Waals surface area contributed by atoms with E-state index < -0.39 is 0 Å². The lowest BCUT2D eigenvalue weighted by Gasteiger charge is -2.22. The van der Waals surface area contributed by atoms with Gasteiger partial charge in [0.15, 0.2) is 11.5 Å². The monoisotopic (exact) mass is 498 g/mol. The number of unbranched alkanes of at least 4 members (excludes halogenated alkanes) is 2. The van der Waals surface area contributed by atoms with Crippen molar-refractivity contribution in [3.8, 4) is 11.5 Å². The molecule has 33 heavy (non-hydrogen) atoms. The minimum atomic E-state index is 0. The molecule has 0 atom stereocenters. The number of hydrogen-bond donors (Lipinski definition) is 1. The second kappa shape index (κ2) is 18.9. The normalized spacial score (nSPS) is 10.5. The molecule has 0 aliphatic carbocycles. The Bertz CT molecular complexity index is 751. The van der Waals surface area contributed by atoms with Crippen LogP contribution in [0.15, 0.2) is 42.5 Å². The molecule has 0 amide bonds. The molecule has 2 aromatic carbocycles. The second-order valence-corrected chi connectivity index (χ2v) is 8.28. The number of nitrogens with one attached hydrogen (secondary N) is 1. The number of hydrogen-bond acceptors (Lipinski definition) is 4. The lowest BCUT2D eigenvalue weighted by Crippen LogP contribution is -2.29. The van der Waals surface area contributed by atoms with E-state index >= 15 is 0 Å². The van der Waals surface area contributed by atoms with E-state index in [1.165, 1.54) is 68.4 Å². The molecule has 0 fully saturated rings. The van der Waals surface area contributed by atoms with Crippen LogP contribution in [0.4, 0.5) is 0 Å². The highest BCUT2D eigenvalue weighted by atomic mass is 35.5. The van der Waals surface area contributed by atoms with E-state index in [1.54, 1.807) is 7.11 Å². The number of benzene rings is 2. The van der Waals surface area contributed by atoms with Crippen LogP contribution in [0.5, 0.6) is 11.5 Å². The van der Waals surface area contributed by atoms with Crippen LogP contribution in [0.25, 0.3) is 0 Å². The average molecular weight is 500 g/mol. The summed E-state index contributed by atoms with van der Waals surface area (Å²) in [5.74, 6) is 1.58. The summed E-state index contributed by atoms with van der Waals surface area (Å²) in [4.78, 5) is 2.62. The summed E-state index contributed by atoms with van der Waals surface area (Å²) < 4.78 is 11.6. The number of nitrogens with zero attached hydrogens (tertiary/aromatic N) is 1. The first-order valence-electron chi connectivity index (χ1n) is 11.9. The minimum absolute atomic E-state index is 0. The summed E-state index contributed by atoms with van der Waals surface area (Å²) in [7, 11) is 1.70. The van der Waals surface area contributed by atoms with E-state index in [1.807, 2.05) is 12.1 Å². The highest BCUT2D eigenvalue weighted by Crippen LogP contribution is 2.29. The van der Waals surface area contributed by atoms with Gasteiger partial charge >= 0.3 is 0 Å². The molecule has 4 nitrogen and oxygen atoms in total. The van der Waals surface area contributed by atoms with Gasteiger partial charge in [0.2, 0.25) is 0 Å². The zero-order chi connectivity index (χ0) is 22.3. The lowest BCUT2D eigenvalue weighted by atomic mass is 10.1. The van der Waals surface area contributed by atoms with Gasteiger partial charge in [-0.25, -0.2) is 0 Å². The highest BCUT2D eigenvalue weighted by molar-refractivity contribution is 5.85. The van der Waals surface area contributed by atoms with Gasteiger partial charge in [0.25, 0.3) is 0 Å². The Morgan fingerprint density at radius 2 is 1.52 bits per heavy atom. The van der Waals surface area contributed by atoms with Crippen molar-refractivity contribution in [3.05, 3.63) is 59.2 Å². The van der Waals surface area contributed by atoms with Crippen molar-refractivity contribution in [2.75, 3.05) is 33.3 Å². The summed E-state index contributed by atoms with van der Waals surface area (Å²) in [6.07, 6.45) is 6.33. The Labute approximate surface area is 214 Å². The van der Waals surface area contributed by atoms with E-state index in [0.29, 0.717) is 6.61 Å². The quantitative estimate of drug-likeness (QED) is 0.257. The summed E-state index contributed by atoms with van der Waals surface area (Å²) in [5.41, 5.74) is 3.65. The molecule has 0 aromatic heterocycles. The Morgan fingerprint density at radius 1 is 0.848 bits per heavy atom. The molecular formula is C27H44Cl2N2O2. The number of halogens is 2. The van der Waals surface area contributed by atoms with Crippen molar-refractivity contribution in [2.45, 2.75) is 66.0 Å². The van der Waals surface area contributed by atoms with E-state index in [2.05, 4.69) is 61.3 Å². The fourth-order valence-electron chi connectivity index (χ4n) is 3.63. The van der Waals surface area contributed by atoms with Gasteiger partial charge in [-0.1, -0.05) is 57.0 Å². The maximum Gasteiger partial charge on any atom is 0.161 e. The van der Waals surface area contributed by atoms with Crippen LogP contribution in [0.3, 0.4) is 0 Å². The van der Waals surface area contributed by atoms with Gasteiger partial charge in [-0.15, -0.1) is 24.8 Å². The largest absolute Gasteiger partial charge is 0.493 e. The molecule has 0 saturated carbocycles. The molecule has 0 aliphatic rings. The van der Waals surface area contributed by atoms with Gasteiger partial charge in [0.05, 0.1) is 7.11 Å². The predicted octanol–water partition coefficient (Wildman–Crippen LogP) is 6.81. The van der Waals surface area contributed by atoms with Gasteiger partial charge in [-0.3, -0.25) is 0 Å². The summed E-state index contributed by atoms with van der Waals surface area (Å²) in [6, 6.07) is 14.5. The van der Waals surface area contributed by atoms with Crippen molar-refractivity contribution in [3.63, 3.8) is 0 Å². The number of aryl methyl sites for hydroxylation is 1. The van der Waals surface area contributed by atoms with Crippen LogP contribution in [0, 0.1) is 6.92 Å². The third-order valence-electron chi connectivity index (χ3n) is 5.69. The molecule has 0 spiro atoms. The summed E-state index contributed by atoms with van der Waals surface area (Å²) >= 11 is 0. The molecule has 6 heteroatoms. The maximum atomic E-state index is 6.03. The van der Waals surface area contributed by atoms with E-state index in [0.717, 1.165) is 24.6 Å². The summed E-state index contributed by atoms with van der Waals surface area (Å²) in [5, 5.41) is 3.58. The van der Waals surface area contributed by atoms with Crippen molar-refractivity contribution in [1.82, 2.24) is 10.2 Å². The topological polar surface area (TPSA) is 33.7 Å². The average Bonchev–Trinajstić information content (AvgIpc) is 2.79. The minimum Gasteiger partial charge on any atom is -0.493 e. The zero-order valence-corrected chi connectivity index (χ0v) is 22.5. The van der Waals surface area contributed by atoms with E-state index in [9.17, 15) is 0 Å². The molecule has 0 radical (unpaired) electrons. The van der Waals surface area contributed by atoms with Gasteiger partial charge < -0.3 is 19.7 Å². The smallest absolute Gasteiger partial charge is 0.161 e. The Morgan fingerprint density at radius 3 is 2.15 bits per heavy atom. The number of methoxy groups -OCH3 is 1. The molecule has 0 saturated heterocycles. The molecule has 0 bridgehead atoms. The van der Waals surface area contributed by atoms with E-state index in [-0.39, 0.29) is 24.8 Å². The van der Waals surface area contributed by atoms with Gasteiger partial charge in [-0.05, 0) is 81.2 Å². The van der Waals surface area contributed by atoms with Crippen LogP contribution in [0.2, 0.25) is 0 Å². The zero-order valence-electron chi connectivity index (χ0n) is 20.9. The maximum absolute atomic E-state index is 6.03. The van der Waals surface area contributed by atoms with Crippen LogP contribution >= 0.6 is 24.8 Å². The number of ether oxygens (including phenoxy) is 2. The first-order valence-corrected chi connectivity index (χ1v) is 11.9. The summed E-state index contributed by atoms with van der Waals surface area (Å²) in [6.45, 7) is 12.7. The van der Waals surface area contributed by atoms with Crippen molar-refractivity contribution in [2.24, 2.45) is 0 Å². The fraction of sp³-hybridized carbons (Fsp3) is 0.556. The predicted molar refractivity (Wildman–Crippen MR) is 146 cm³/mol. The molecule has 2 aromatic rings. The molecule has 2 rings (SSSR count). The van der Waals surface area contributed by atoms with Crippen molar-refractivity contribution < 1.29 is 9.47 Å². The number of rotatable bonds is 16. The second-order valence-electron chi connectivity index (χ2n) is 8.28.